The van der Waals surface area contributed by atoms with Crippen LogP contribution in [0.15, 0.2) is 83.8 Å². The number of nitro benzene ring substituents is 1. The summed E-state index contributed by atoms with van der Waals surface area (Å²) < 4.78 is 27.3. The van der Waals surface area contributed by atoms with Gasteiger partial charge in [-0.2, -0.15) is 0 Å². The van der Waals surface area contributed by atoms with Gasteiger partial charge in [0.1, 0.15) is 0 Å². The van der Waals surface area contributed by atoms with Crippen molar-refractivity contribution in [3.63, 3.8) is 0 Å². The molecule has 1 amide bonds. The average Bonchev–Trinajstić information content (AvgIpc) is 2.73. The number of carbonyl (C=O) groups excluding carboxylic acids is 1. The summed E-state index contributed by atoms with van der Waals surface area (Å²) in [6.07, 6.45) is 0. The third-order valence-corrected chi connectivity index (χ3v) is 5.43. The third kappa shape index (κ3) is 5.17. The fourth-order valence-corrected chi connectivity index (χ4v) is 3.63. The van der Waals surface area contributed by atoms with E-state index >= 15 is 0 Å². The number of nitrogens with zero attached hydrogens (tertiary/aromatic N) is 1. The summed E-state index contributed by atoms with van der Waals surface area (Å²) in [5.74, 6) is -0.399. The molecule has 0 heterocycles. The van der Waals surface area contributed by atoms with Gasteiger partial charge in [0.05, 0.1) is 9.82 Å². The SMILES string of the molecule is O=C(NCc1ccc([N+](=O)[O-])cc1)c1cccc(NS(=O)(=O)c2ccccc2)c1. The first-order valence-corrected chi connectivity index (χ1v) is 10.0. The number of hydrogen-bond acceptors (Lipinski definition) is 5. The monoisotopic (exact) mass is 411 g/mol. The summed E-state index contributed by atoms with van der Waals surface area (Å²) in [7, 11) is -3.76. The number of sulfonamides is 1. The molecule has 0 aliphatic rings. The molecule has 0 radical (unpaired) electrons. The van der Waals surface area contributed by atoms with E-state index in [1.807, 2.05) is 0 Å². The minimum Gasteiger partial charge on any atom is -0.348 e. The predicted octanol–water partition coefficient (Wildman–Crippen LogP) is 3.33. The summed E-state index contributed by atoms with van der Waals surface area (Å²) in [6.45, 7) is 0.177. The first-order valence-electron chi connectivity index (χ1n) is 8.54. The Balaban J connectivity index is 1.67. The molecule has 3 aromatic carbocycles. The summed E-state index contributed by atoms with van der Waals surface area (Å²) >= 11 is 0. The van der Waals surface area contributed by atoms with Crippen molar-refractivity contribution >= 4 is 27.3 Å². The van der Waals surface area contributed by atoms with Crippen LogP contribution >= 0.6 is 0 Å². The Hall–Kier alpha value is -3.72. The fraction of sp³-hybridized carbons (Fsp3) is 0.0500. The van der Waals surface area contributed by atoms with Gasteiger partial charge < -0.3 is 5.32 Å². The van der Waals surface area contributed by atoms with Gasteiger partial charge in [0.15, 0.2) is 0 Å². The first-order chi connectivity index (χ1) is 13.8. The lowest BCUT2D eigenvalue weighted by molar-refractivity contribution is -0.384. The molecule has 0 saturated carbocycles. The number of hydrogen-bond donors (Lipinski definition) is 2. The van der Waals surface area contributed by atoms with Gasteiger partial charge in [-0.1, -0.05) is 36.4 Å². The topological polar surface area (TPSA) is 118 Å². The molecule has 0 aliphatic heterocycles. The van der Waals surface area contributed by atoms with E-state index in [0.29, 0.717) is 5.56 Å². The summed E-state index contributed by atoms with van der Waals surface area (Å²) in [6, 6.07) is 19.9. The van der Waals surface area contributed by atoms with Crippen LogP contribution < -0.4 is 10.0 Å². The Morgan fingerprint density at radius 2 is 1.62 bits per heavy atom. The highest BCUT2D eigenvalue weighted by molar-refractivity contribution is 7.92. The lowest BCUT2D eigenvalue weighted by Gasteiger charge is -2.10. The Labute approximate surface area is 167 Å². The number of nitrogens with one attached hydrogen (secondary N) is 2. The van der Waals surface area contributed by atoms with Crippen molar-refractivity contribution in [2.24, 2.45) is 0 Å². The van der Waals surface area contributed by atoms with Gasteiger partial charge >= 0.3 is 0 Å². The van der Waals surface area contributed by atoms with Gasteiger partial charge in [-0.3, -0.25) is 19.6 Å². The van der Waals surface area contributed by atoms with Crippen LogP contribution in [0.25, 0.3) is 0 Å². The second kappa shape index (κ2) is 8.53. The van der Waals surface area contributed by atoms with E-state index in [1.54, 1.807) is 48.5 Å². The van der Waals surface area contributed by atoms with Crippen molar-refractivity contribution in [3.8, 4) is 0 Å². The van der Waals surface area contributed by atoms with Gasteiger partial charge in [-0.15, -0.1) is 0 Å². The maximum absolute atomic E-state index is 12.4. The maximum Gasteiger partial charge on any atom is 0.269 e. The third-order valence-electron chi connectivity index (χ3n) is 4.03. The molecule has 0 bridgehead atoms. The van der Waals surface area contributed by atoms with Gasteiger partial charge in [0, 0.05) is 29.9 Å². The zero-order valence-corrected chi connectivity index (χ0v) is 15.9. The van der Waals surface area contributed by atoms with Crippen LogP contribution in [-0.2, 0) is 16.6 Å². The molecule has 148 valence electrons. The van der Waals surface area contributed by atoms with Crippen LogP contribution in [0.3, 0.4) is 0 Å². The second-order valence-corrected chi connectivity index (χ2v) is 7.79. The lowest BCUT2D eigenvalue weighted by Crippen LogP contribution is -2.23. The molecule has 0 atom stereocenters. The molecule has 0 spiro atoms. The molecule has 0 aliphatic carbocycles. The number of carbonyl (C=O) groups is 1. The minimum atomic E-state index is -3.76. The Kier molecular flexibility index (Phi) is 5.89. The molecule has 0 aromatic heterocycles. The molecule has 2 N–H and O–H groups in total. The van der Waals surface area contributed by atoms with E-state index in [4.69, 9.17) is 0 Å². The Bertz CT molecular complexity index is 1130. The number of non-ortho nitro benzene ring substituents is 1. The molecule has 8 nitrogen and oxygen atoms in total. The highest BCUT2D eigenvalue weighted by Crippen LogP contribution is 2.17. The molecule has 0 saturated heterocycles. The second-order valence-electron chi connectivity index (χ2n) is 6.11. The van der Waals surface area contributed by atoms with Gasteiger partial charge in [-0.25, -0.2) is 8.42 Å². The fourth-order valence-electron chi connectivity index (χ4n) is 2.56. The van der Waals surface area contributed by atoms with Gasteiger partial charge in [0.25, 0.3) is 21.6 Å². The number of nitro groups is 1. The van der Waals surface area contributed by atoms with Crippen molar-refractivity contribution in [3.05, 3.63) is 100 Å². The van der Waals surface area contributed by atoms with E-state index in [1.165, 1.54) is 30.3 Å². The molecule has 3 aromatic rings. The minimum absolute atomic E-state index is 0.0292. The Morgan fingerprint density at radius 1 is 0.931 bits per heavy atom. The summed E-state index contributed by atoms with van der Waals surface area (Å²) in [5, 5.41) is 13.4. The van der Waals surface area contributed by atoms with Crippen molar-refractivity contribution < 1.29 is 18.1 Å². The molecule has 0 fully saturated rings. The van der Waals surface area contributed by atoms with Gasteiger partial charge in [-0.05, 0) is 35.9 Å². The summed E-state index contributed by atoms with van der Waals surface area (Å²) in [5.41, 5.74) is 1.21. The van der Waals surface area contributed by atoms with E-state index in [-0.39, 0.29) is 28.4 Å². The predicted molar refractivity (Wildman–Crippen MR) is 108 cm³/mol. The molecule has 9 heteroatoms. The smallest absolute Gasteiger partial charge is 0.269 e. The van der Waals surface area contributed by atoms with Crippen molar-refractivity contribution in [1.29, 1.82) is 0 Å². The van der Waals surface area contributed by atoms with Crippen LogP contribution in [-0.4, -0.2) is 19.2 Å². The zero-order chi connectivity index (χ0) is 20.9. The Morgan fingerprint density at radius 3 is 2.28 bits per heavy atom. The first kappa shape index (κ1) is 20.0. The highest BCUT2D eigenvalue weighted by atomic mass is 32.2. The zero-order valence-electron chi connectivity index (χ0n) is 15.1. The molecular formula is C20H17N3O5S. The standard InChI is InChI=1S/C20H17N3O5S/c24-20(21-14-15-9-11-18(12-10-15)23(25)26)16-5-4-6-17(13-16)22-29(27,28)19-7-2-1-3-8-19/h1-13,22H,14H2,(H,21,24). The maximum atomic E-state index is 12.4. The number of rotatable bonds is 7. The molecular weight excluding hydrogens is 394 g/mol. The van der Waals surface area contributed by atoms with Crippen LogP contribution in [0.4, 0.5) is 11.4 Å². The van der Waals surface area contributed by atoms with Crippen LogP contribution in [0.1, 0.15) is 15.9 Å². The number of anilines is 1. The van der Waals surface area contributed by atoms with Crippen molar-refractivity contribution in [2.45, 2.75) is 11.4 Å². The van der Waals surface area contributed by atoms with Crippen molar-refractivity contribution in [2.75, 3.05) is 4.72 Å². The quantitative estimate of drug-likeness (QED) is 0.457. The lowest BCUT2D eigenvalue weighted by atomic mass is 10.1. The van der Waals surface area contributed by atoms with E-state index in [9.17, 15) is 23.3 Å². The van der Waals surface area contributed by atoms with E-state index in [2.05, 4.69) is 10.0 Å². The van der Waals surface area contributed by atoms with Crippen LogP contribution in [0.2, 0.25) is 0 Å². The summed E-state index contributed by atoms with van der Waals surface area (Å²) in [4.78, 5) is 22.7. The largest absolute Gasteiger partial charge is 0.348 e. The van der Waals surface area contributed by atoms with Crippen LogP contribution in [0, 0.1) is 10.1 Å². The van der Waals surface area contributed by atoms with Crippen LogP contribution in [0.5, 0.6) is 0 Å². The number of amides is 1. The average molecular weight is 411 g/mol. The molecule has 0 unspecified atom stereocenters. The number of benzene rings is 3. The molecule has 3 rings (SSSR count). The van der Waals surface area contributed by atoms with Crippen molar-refractivity contribution in [1.82, 2.24) is 5.32 Å². The van der Waals surface area contributed by atoms with Gasteiger partial charge in [0.2, 0.25) is 0 Å². The highest BCUT2D eigenvalue weighted by Gasteiger charge is 2.14. The normalized spacial score (nSPS) is 10.9. The van der Waals surface area contributed by atoms with E-state index < -0.39 is 20.9 Å². The van der Waals surface area contributed by atoms with E-state index in [0.717, 1.165) is 0 Å². The molecule has 29 heavy (non-hydrogen) atoms.